The Kier molecular flexibility index (Phi) is 7.67. The summed E-state index contributed by atoms with van der Waals surface area (Å²) in [4.78, 5) is 27.5. The highest BCUT2D eigenvalue weighted by molar-refractivity contribution is 5.89. The average molecular weight is 306 g/mol. The molecule has 22 heavy (non-hydrogen) atoms. The van der Waals surface area contributed by atoms with Gasteiger partial charge in [0.25, 0.3) is 0 Å². The van der Waals surface area contributed by atoms with Crippen molar-refractivity contribution in [2.24, 2.45) is 0 Å². The van der Waals surface area contributed by atoms with Gasteiger partial charge >= 0.3 is 11.9 Å². The van der Waals surface area contributed by atoms with Crippen molar-refractivity contribution in [1.82, 2.24) is 4.98 Å². The first kappa shape index (κ1) is 17.7. The van der Waals surface area contributed by atoms with E-state index in [1.165, 1.54) is 6.20 Å². The highest BCUT2D eigenvalue weighted by Gasteiger charge is 2.13. The summed E-state index contributed by atoms with van der Waals surface area (Å²) >= 11 is 0. The Morgan fingerprint density at radius 2 is 1.95 bits per heavy atom. The zero-order chi connectivity index (χ0) is 16.4. The van der Waals surface area contributed by atoms with Crippen LogP contribution in [0, 0.1) is 6.92 Å². The molecule has 120 valence electrons. The molecule has 0 radical (unpaired) electrons. The molecule has 0 aliphatic heterocycles. The number of rotatable bonds is 8. The van der Waals surface area contributed by atoms with Gasteiger partial charge in [0.1, 0.15) is 5.82 Å². The largest absolute Gasteiger partial charge is 0.466 e. The molecule has 6 nitrogen and oxygen atoms in total. The van der Waals surface area contributed by atoms with Gasteiger partial charge < -0.3 is 14.8 Å². The topological polar surface area (TPSA) is 77.5 Å². The van der Waals surface area contributed by atoms with Crippen LogP contribution in [0.15, 0.2) is 30.1 Å². The van der Waals surface area contributed by atoms with E-state index in [9.17, 15) is 9.59 Å². The highest BCUT2D eigenvalue weighted by Crippen LogP contribution is 2.11. The second kappa shape index (κ2) is 9.55. The minimum absolute atomic E-state index is 0.126. The lowest BCUT2D eigenvalue weighted by atomic mass is 10.1. The third-order valence-electron chi connectivity index (χ3n) is 2.75. The van der Waals surface area contributed by atoms with Crippen molar-refractivity contribution in [2.75, 3.05) is 18.5 Å². The third kappa shape index (κ3) is 6.39. The van der Waals surface area contributed by atoms with Crippen molar-refractivity contribution >= 4 is 17.8 Å². The number of pyridine rings is 1. The first-order chi connectivity index (χ1) is 10.6. The van der Waals surface area contributed by atoms with Crippen molar-refractivity contribution in [3.63, 3.8) is 0 Å². The minimum atomic E-state index is -0.452. The second-order valence-electron chi connectivity index (χ2n) is 4.56. The summed E-state index contributed by atoms with van der Waals surface area (Å²) in [5.74, 6) is -0.170. The van der Waals surface area contributed by atoms with E-state index in [1.807, 2.05) is 19.1 Å². The molecule has 1 N–H and O–H groups in total. The zero-order valence-electron chi connectivity index (χ0n) is 13.2. The number of aromatic nitrogens is 1. The maximum atomic E-state index is 11.9. The van der Waals surface area contributed by atoms with Gasteiger partial charge in [0.15, 0.2) is 0 Å². The van der Waals surface area contributed by atoms with E-state index in [-0.39, 0.29) is 25.4 Å². The number of nitrogens with zero attached hydrogens (tertiary/aromatic N) is 1. The molecule has 0 aromatic carbocycles. The van der Waals surface area contributed by atoms with Crippen LogP contribution in [0.3, 0.4) is 0 Å². The molecule has 0 amide bonds. The van der Waals surface area contributed by atoms with Crippen molar-refractivity contribution in [1.29, 1.82) is 0 Å². The van der Waals surface area contributed by atoms with Crippen molar-refractivity contribution in [2.45, 2.75) is 33.6 Å². The lowest BCUT2D eigenvalue weighted by Gasteiger charge is -2.08. The number of ether oxygens (including phenoxy) is 2. The highest BCUT2D eigenvalue weighted by atomic mass is 16.5. The van der Waals surface area contributed by atoms with Crippen molar-refractivity contribution in [3.05, 3.63) is 35.7 Å². The van der Waals surface area contributed by atoms with Crippen molar-refractivity contribution in [3.8, 4) is 0 Å². The number of esters is 2. The van der Waals surface area contributed by atoms with Gasteiger partial charge in [-0.2, -0.15) is 0 Å². The third-order valence-corrected chi connectivity index (χ3v) is 2.75. The van der Waals surface area contributed by atoms with Gasteiger partial charge in [-0.15, -0.1) is 0 Å². The molecule has 1 aromatic heterocycles. The maximum absolute atomic E-state index is 11.9. The summed E-state index contributed by atoms with van der Waals surface area (Å²) in [6.45, 7) is 6.02. The standard InChI is InChI=1S/C16H22N2O4/c1-4-21-15(19)7-6-13(16(20)22-5-2)11-18-14-10-12(3)8-9-17-14/h8-11H,4-7H2,1-3H3,(H,17,18). The summed E-state index contributed by atoms with van der Waals surface area (Å²) in [6.07, 6.45) is 3.57. The smallest absolute Gasteiger partial charge is 0.335 e. The lowest BCUT2D eigenvalue weighted by Crippen LogP contribution is -2.12. The molecule has 0 spiro atoms. The summed E-state index contributed by atoms with van der Waals surface area (Å²) in [6, 6.07) is 3.73. The molecule has 0 aliphatic rings. The Balaban J connectivity index is 2.73. The monoisotopic (exact) mass is 306 g/mol. The van der Waals surface area contributed by atoms with Crippen LogP contribution < -0.4 is 5.32 Å². The lowest BCUT2D eigenvalue weighted by molar-refractivity contribution is -0.143. The van der Waals surface area contributed by atoms with Crippen LogP contribution in [0.4, 0.5) is 5.82 Å². The van der Waals surface area contributed by atoms with E-state index in [0.717, 1.165) is 5.56 Å². The molecule has 0 bridgehead atoms. The van der Waals surface area contributed by atoms with Gasteiger partial charge in [-0.25, -0.2) is 9.78 Å². The van der Waals surface area contributed by atoms with Gasteiger partial charge in [0.05, 0.1) is 18.8 Å². The molecule has 0 aliphatic carbocycles. The average Bonchev–Trinajstić information content (AvgIpc) is 2.47. The summed E-state index contributed by atoms with van der Waals surface area (Å²) < 4.78 is 9.85. The normalized spacial score (nSPS) is 11.0. The Morgan fingerprint density at radius 1 is 1.23 bits per heavy atom. The van der Waals surface area contributed by atoms with Crippen LogP contribution in [0.25, 0.3) is 0 Å². The molecule has 0 fully saturated rings. The van der Waals surface area contributed by atoms with E-state index in [0.29, 0.717) is 18.0 Å². The Labute approximate surface area is 130 Å². The number of hydrogen-bond donors (Lipinski definition) is 1. The van der Waals surface area contributed by atoms with Gasteiger partial charge in [-0.1, -0.05) is 0 Å². The molecule has 0 saturated heterocycles. The molecule has 0 unspecified atom stereocenters. The van der Waals surface area contributed by atoms with Crippen LogP contribution in [-0.4, -0.2) is 30.1 Å². The summed E-state index contributed by atoms with van der Waals surface area (Å²) in [5, 5.41) is 2.95. The zero-order valence-corrected chi connectivity index (χ0v) is 13.2. The fraction of sp³-hybridized carbons (Fsp3) is 0.438. The Morgan fingerprint density at radius 3 is 2.59 bits per heavy atom. The van der Waals surface area contributed by atoms with Crippen molar-refractivity contribution < 1.29 is 19.1 Å². The number of anilines is 1. The van der Waals surface area contributed by atoms with Gasteiger partial charge in [-0.05, 0) is 44.9 Å². The van der Waals surface area contributed by atoms with Gasteiger partial charge in [0, 0.05) is 18.8 Å². The first-order valence-electron chi connectivity index (χ1n) is 7.27. The second-order valence-corrected chi connectivity index (χ2v) is 4.56. The minimum Gasteiger partial charge on any atom is -0.466 e. The predicted molar refractivity (Wildman–Crippen MR) is 83.2 cm³/mol. The predicted octanol–water partition coefficient (Wildman–Crippen LogP) is 2.59. The molecule has 1 aromatic rings. The first-order valence-corrected chi connectivity index (χ1v) is 7.27. The number of hydrogen-bond acceptors (Lipinski definition) is 6. The Bertz CT molecular complexity index is 541. The van der Waals surface area contributed by atoms with E-state index in [1.54, 1.807) is 20.0 Å². The van der Waals surface area contributed by atoms with Gasteiger partial charge in [0.2, 0.25) is 0 Å². The van der Waals surface area contributed by atoms with E-state index in [4.69, 9.17) is 9.47 Å². The molecule has 0 atom stereocenters. The quantitative estimate of drug-likeness (QED) is 0.587. The maximum Gasteiger partial charge on any atom is 0.335 e. The molecular weight excluding hydrogens is 284 g/mol. The molecule has 0 saturated carbocycles. The number of aryl methyl sites for hydroxylation is 1. The van der Waals surface area contributed by atoms with E-state index < -0.39 is 5.97 Å². The molecular formula is C16H22N2O4. The SMILES string of the molecule is CCOC(=O)CCC(=CNc1cc(C)ccn1)C(=O)OCC. The summed E-state index contributed by atoms with van der Waals surface area (Å²) in [7, 11) is 0. The number of carbonyl (C=O) groups excluding carboxylic acids is 2. The van der Waals surface area contributed by atoms with Gasteiger partial charge in [-0.3, -0.25) is 4.79 Å². The van der Waals surface area contributed by atoms with E-state index in [2.05, 4.69) is 10.3 Å². The van der Waals surface area contributed by atoms with Crippen LogP contribution in [0.5, 0.6) is 0 Å². The molecule has 1 rings (SSSR count). The fourth-order valence-corrected chi connectivity index (χ4v) is 1.70. The fourth-order valence-electron chi connectivity index (χ4n) is 1.70. The van der Waals surface area contributed by atoms with Crippen LogP contribution in [0.2, 0.25) is 0 Å². The summed E-state index contributed by atoms with van der Waals surface area (Å²) in [5.41, 5.74) is 1.42. The molecule has 1 heterocycles. The number of nitrogens with one attached hydrogen (secondary N) is 1. The van der Waals surface area contributed by atoms with Crippen LogP contribution >= 0.6 is 0 Å². The number of carbonyl (C=O) groups is 2. The van der Waals surface area contributed by atoms with Crippen LogP contribution in [0.1, 0.15) is 32.3 Å². The van der Waals surface area contributed by atoms with E-state index >= 15 is 0 Å². The Hall–Kier alpha value is -2.37. The molecule has 6 heteroatoms. The van der Waals surface area contributed by atoms with Crippen LogP contribution in [-0.2, 0) is 19.1 Å².